The second kappa shape index (κ2) is 7.35. The van der Waals surface area contributed by atoms with Gasteiger partial charge in [0.05, 0.1) is 4.92 Å². The molecule has 6 nitrogen and oxygen atoms in total. The first-order valence-electron chi connectivity index (χ1n) is 7.00. The Kier molecular flexibility index (Phi) is 5.24. The van der Waals surface area contributed by atoms with Crippen LogP contribution < -0.4 is 10.6 Å². The average molecular weight is 317 g/mol. The first-order chi connectivity index (χ1) is 11.0. The molecule has 0 aliphatic carbocycles. The van der Waals surface area contributed by atoms with Gasteiger partial charge in [-0.05, 0) is 37.1 Å². The minimum atomic E-state index is -0.479. The lowest BCUT2D eigenvalue weighted by Crippen LogP contribution is -2.30. The third-order valence-corrected chi connectivity index (χ3v) is 3.29. The highest BCUT2D eigenvalue weighted by atomic mass is 19.1. The number of aryl methyl sites for hydroxylation is 1. The van der Waals surface area contributed by atoms with E-state index in [1.165, 1.54) is 24.3 Å². The van der Waals surface area contributed by atoms with Crippen LogP contribution in [0.1, 0.15) is 11.1 Å². The van der Waals surface area contributed by atoms with Crippen molar-refractivity contribution >= 4 is 17.4 Å². The van der Waals surface area contributed by atoms with Gasteiger partial charge in [-0.2, -0.15) is 0 Å². The molecule has 2 rings (SSSR count). The van der Waals surface area contributed by atoms with Crippen molar-refractivity contribution in [2.75, 3.05) is 11.9 Å². The lowest BCUT2D eigenvalue weighted by Gasteiger charge is -2.09. The molecule has 0 saturated heterocycles. The summed E-state index contributed by atoms with van der Waals surface area (Å²) >= 11 is 0. The maximum absolute atomic E-state index is 13.4. The van der Waals surface area contributed by atoms with E-state index in [1.807, 2.05) is 0 Å². The normalized spacial score (nSPS) is 10.2. The molecule has 7 heteroatoms. The third kappa shape index (κ3) is 4.50. The molecule has 2 N–H and O–H groups in total. The predicted molar refractivity (Wildman–Crippen MR) is 85.0 cm³/mol. The van der Waals surface area contributed by atoms with Gasteiger partial charge in [0.15, 0.2) is 0 Å². The average Bonchev–Trinajstić information content (AvgIpc) is 2.49. The van der Waals surface area contributed by atoms with Crippen LogP contribution in [0.2, 0.25) is 0 Å². The summed E-state index contributed by atoms with van der Waals surface area (Å²) in [5.41, 5.74) is 1.44. The number of hydrogen-bond acceptors (Lipinski definition) is 3. The van der Waals surface area contributed by atoms with Crippen molar-refractivity contribution in [3.8, 4) is 0 Å². The summed E-state index contributed by atoms with van der Waals surface area (Å²) < 4.78 is 13.4. The highest BCUT2D eigenvalue weighted by Crippen LogP contribution is 2.21. The van der Waals surface area contributed by atoms with Gasteiger partial charge in [-0.15, -0.1) is 0 Å². The lowest BCUT2D eigenvalue weighted by atomic mass is 10.1. The van der Waals surface area contributed by atoms with Crippen LogP contribution in [0.15, 0.2) is 42.5 Å². The van der Waals surface area contributed by atoms with Crippen molar-refractivity contribution in [3.63, 3.8) is 0 Å². The number of nitrogens with one attached hydrogen (secondary N) is 2. The molecular formula is C16H16FN3O3. The van der Waals surface area contributed by atoms with Crippen LogP contribution in [-0.4, -0.2) is 17.5 Å². The fourth-order valence-corrected chi connectivity index (χ4v) is 2.13. The largest absolute Gasteiger partial charge is 0.338 e. The Morgan fingerprint density at radius 1 is 1.26 bits per heavy atom. The van der Waals surface area contributed by atoms with Gasteiger partial charge < -0.3 is 10.6 Å². The van der Waals surface area contributed by atoms with Gasteiger partial charge in [0, 0.05) is 23.9 Å². The van der Waals surface area contributed by atoms with Gasteiger partial charge in [-0.1, -0.05) is 18.2 Å². The summed E-state index contributed by atoms with van der Waals surface area (Å²) in [6, 6.07) is 10.2. The smallest absolute Gasteiger partial charge is 0.319 e. The molecule has 2 aromatic rings. The SMILES string of the molecule is Cc1cc(NC(=O)NCCc2ccccc2F)ccc1[N+](=O)[O-]. The summed E-state index contributed by atoms with van der Waals surface area (Å²) in [6.45, 7) is 1.87. The van der Waals surface area contributed by atoms with E-state index < -0.39 is 11.0 Å². The molecule has 0 spiro atoms. The predicted octanol–water partition coefficient (Wildman–Crippen LogP) is 3.41. The summed E-state index contributed by atoms with van der Waals surface area (Å²) in [7, 11) is 0. The molecular weight excluding hydrogens is 301 g/mol. The quantitative estimate of drug-likeness (QED) is 0.654. The zero-order valence-corrected chi connectivity index (χ0v) is 12.5. The minimum absolute atomic E-state index is 0.00416. The Bertz CT molecular complexity index is 734. The standard InChI is InChI=1S/C16H16FN3O3/c1-11-10-13(6-7-15(11)20(22)23)19-16(21)18-9-8-12-4-2-3-5-14(12)17/h2-7,10H,8-9H2,1H3,(H2,18,19,21). The Morgan fingerprint density at radius 2 is 2.00 bits per heavy atom. The number of anilines is 1. The highest BCUT2D eigenvalue weighted by Gasteiger charge is 2.11. The topological polar surface area (TPSA) is 84.3 Å². The maximum Gasteiger partial charge on any atom is 0.319 e. The molecule has 2 amide bonds. The van der Waals surface area contributed by atoms with Gasteiger partial charge in [0.1, 0.15) is 5.82 Å². The fraction of sp³-hybridized carbons (Fsp3) is 0.188. The van der Waals surface area contributed by atoms with Crippen LogP contribution in [0.3, 0.4) is 0 Å². The summed E-state index contributed by atoms with van der Waals surface area (Å²) in [6.07, 6.45) is 0.374. The lowest BCUT2D eigenvalue weighted by molar-refractivity contribution is -0.385. The Balaban J connectivity index is 1.86. The van der Waals surface area contributed by atoms with Crippen molar-refractivity contribution in [3.05, 3.63) is 69.5 Å². The number of urea groups is 1. The monoisotopic (exact) mass is 317 g/mol. The second-order valence-electron chi connectivity index (χ2n) is 4.98. The van der Waals surface area contributed by atoms with Crippen LogP contribution in [0.25, 0.3) is 0 Å². The summed E-state index contributed by atoms with van der Waals surface area (Å²) in [5, 5.41) is 15.9. The van der Waals surface area contributed by atoms with Crippen LogP contribution in [-0.2, 0) is 6.42 Å². The third-order valence-electron chi connectivity index (χ3n) is 3.29. The van der Waals surface area contributed by atoms with Crippen molar-refractivity contribution in [2.45, 2.75) is 13.3 Å². The fourth-order valence-electron chi connectivity index (χ4n) is 2.13. The van der Waals surface area contributed by atoms with Crippen LogP contribution in [0, 0.1) is 22.9 Å². The summed E-state index contributed by atoms with van der Waals surface area (Å²) in [4.78, 5) is 22.0. The first-order valence-corrected chi connectivity index (χ1v) is 7.00. The number of nitro benzene ring substituents is 1. The molecule has 2 aromatic carbocycles. The van der Waals surface area contributed by atoms with Crippen molar-refractivity contribution in [2.24, 2.45) is 0 Å². The number of rotatable bonds is 5. The molecule has 0 bridgehead atoms. The molecule has 0 heterocycles. The molecule has 0 saturated carbocycles. The van der Waals surface area contributed by atoms with Gasteiger partial charge >= 0.3 is 6.03 Å². The number of hydrogen-bond donors (Lipinski definition) is 2. The molecule has 120 valence electrons. The zero-order chi connectivity index (χ0) is 16.8. The molecule has 0 aliphatic rings. The number of carbonyl (C=O) groups is 1. The molecule has 23 heavy (non-hydrogen) atoms. The van der Waals surface area contributed by atoms with E-state index in [2.05, 4.69) is 10.6 Å². The summed E-state index contributed by atoms with van der Waals surface area (Å²) in [5.74, 6) is -0.305. The molecule has 0 atom stereocenters. The number of nitro groups is 1. The first kappa shape index (κ1) is 16.4. The van der Waals surface area contributed by atoms with E-state index in [9.17, 15) is 19.3 Å². The van der Waals surface area contributed by atoms with E-state index in [1.54, 1.807) is 25.1 Å². The minimum Gasteiger partial charge on any atom is -0.338 e. The van der Waals surface area contributed by atoms with Crippen molar-refractivity contribution in [1.82, 2.24) is 5.32 Å². The van der Waals surface area contributed by atoms with Crippen molar-refractivity contribution < 1.29 is 14.1 Å². The molecule has 0 fully saturated rings. The molecule has 0 radical (unpaired) electrons. The van der Waals surface area contributed by atoms with Gasteiger partial charge in [-0.25, -0.2) is 9.18 Å². The van der Waals surface area contributed by atoms with Crippen LogP contribution in [0.5, 0.6) is 0 Å². The Labute approximate surface area is 132 Å². The Hall–Kier alpha value is -2.96. The molecule has 0 aliphatic heterocycles. The van der Waals surface area contributed by atoms with E-state index in [-0.39, 0.29) is 18.0 Å². The maximum atomic E-state index is 13.4. The van der Waals surface area contributed by atoms with Gasteiger partial charge in [0.25, 0.3) is 5.69 Å². The zero-order valence-electron chi connectivity index (χ0n) is 12.5. The number of amides is 2. The van der Waals surface area contributed by atoms with E-state index in [4.69, 9.17) is 0 Å². The van der Waals surface area contributed by atoms with Gasteiger partial charge in [0.2, 0.25) is 0 Å². The highest BCUT2D eigenvalue weighted by molar-refractivity contribution is 5.89. The van der Waals surface area contributed by atoms with Crippen molar-refractivity contribution in [1.29, 1.82) is 0 Å². The van der Waals surface area contributed by atoms with Crippen LogP contribution >= 0.6 is 0 Å². The second-order valence-corrected chi connectivity index (χ2v) is 4.98. The van der Waals surface area contributed by atoms with Crippen LogP contribution in [0.4, 0.5) is 20.6 Å². The number of benzene rings is 2. The van der Waals surface area contributed by atoms with E-state index in [0.29, 0.717) is 23.2 Å². The van der Waals surface area contributed by atoms with Gasteiger partial charge in [-0.3, -0.25) is 10.1 Å². The molecule has 0 aromatic heterocycles. The Morgan fingerprint density at radius 3 is 2.65 bits per heavy atom. The van der Waals surface area contributed by atoms with E-state index >= 15 is 0 Å². The number of halogens is 1. The van der Waals surface area contributed by atoms with E-state index in [0.717, 1.165) is 0 Å². The number of nitrogens with zero attached hydrogens (tertiary/aromatic N) is 1. The number of carbonyl (C=O) groups excluding carboxylic acids is 1. The molecule has 0 unspecified atom stereocenters.